The van der Waals surface area contributed by atoms with Crippen LogP contribution in [0.2, 0.25) is 0 Å². The summed E-state index contributed by atoms with van der Waals surface area (Å²) in [5.41, 5.74) is 4.31. The Bertz CT molecular complexity index is 1430. The molecular formula is C30H28CuN8-4. The molecule has 7 rings (SSSR count). The number of para-hydroxylation sites is 2. The van der Waals surface area contributed by atoms with E-state index in [2.05, 4.69) is 98.4 Å². The molecule has 4 aromatic rings. The van der Waals surface area contributed by atoms with Gasteiger partial charge in [0.2, 0.25) is 0 Å². The number of nitrogens with zero attached hydrogens (tertiary/aromatic N) is 8. The topological polar surface area (TPSA) is 88.7 Å². The maximum atomic E-state index is 5.34. The summed E-state index contributed by atoms with van der Waals surface area (Å²) in [6.07, 6.45) is 7.24. The Balaban J connectivity index is 0.00000277. The molecule has 1 radical (unpaired) electrons. The number of anilines is 2. The van der Waals surface area contributed by atoms with Crippen molar-refractivity contribution in [3.8, 4) is 11.4 Å². The fourth-order valence-electron chi connectivity index (χ4n) is 5.28. The maximum Gasteiger partial charge on any atom is 0.0394 e. The summed E-state index contributed by atoms with van der Waals surface area (Å²) in [5.74, 6) is 1.42. The number of aromatic nitrogens is 4. The largest absolute Gasteiger partial charge is 0.666 e. The van der Waals surface area contributed by atoms with Gasteiger partial charge in [-0.15, -0.1) is 11.4 Å². The molecule has 3 aliphatic heterocycles. The Hall–Kier alpha value is -3.94. The summed E-state index contributed by atoms with van der Waals surface area (Å²) >= 11 is 0. The second-order valence-electron chi connectivity index (χ2n) is 11.0. The Kier molecular flexibility index (Phi) is 5.89. The van der Waals surface area contributed by atoms with E-state index >= 15 is 0 Å². The molecule has 8 nitrogen and oxygen atoms in total. The third-order valence-corrected chi connectivity index (χ3v) is 7.74. The van der Waals surface area contributed by atoms with Crippen LogP contribution in [0.25, 0.3) is 22.0 Å². The minimum absolute atomic E-state index is 0. The molecule has 0 saturated carbocycles. The second kappa shape index (κ2) is 9.07. The molecular weight excluding hydrogens is 536 g/mol. The minimum atomic E-state index is -0.529. The quantitative estimate of drug-likeness (QED) is 0.289. The molecule has 0 aliphatic carbocycles. The van der Waals surface area contributed by atoms with E-state index in [9.17, 15) is 0 Å². The zero-order valence-electron chi connectivity index (χ0n) is 22.1. The van der Waals surface area contributed by atoms with Gasteiger partial charge < -0.3 is 40.4 Å². The molecule has 39 heavy (non-hydrogen) atoms. The van der Waals surface area contributed by atoms with E-state index in [-0.39, 0.29) is 29.4 Å². The van der Waals surface area contributed by atoms with Gasteiger partial charge in [-0.1, -0.05) is 88.1 Å². The van der Waals surface area contributed by atoms with E-state index < -0.39 is 10.8 Å². The number of rotatable bonds is 2. The van der Waals surface area contributed by atoms with Crippen molar-refractivity contribution in [3.05, 3.63) is 119 Å². The first kappa shape index (κ1) is 25.3. The van der Waals surface area contributed by atoms with E-state index in [0.29, 0.717) is 11.6 Å². The average Bonchev–Trinajstić information content (AvgIpc) is 3.73. The molecule has 2 unspecified atom stereocenters. The summed E-state index contributed by atoms with van der Waals surface area (Å²) in [5, 5.41) is 10.7. The Morgan fingerprint density at radius 2 is 1.00 bits per heavy atom. The molecule has 0 amide bonds. The van der Waals surface area contributed by atoms with Gasteiger partial charge >= 0.3 is 0 Å². The first-order chi connectivity index (χ1) is 18.3. The molecule has 0 saturated heterocycles. The summed E-state index contributed by atoms with van der Waals surface area (Å²) < 4.78 is 0. The average molecular weight is 564 g/mol. The summed E-state index contributed by atoms with van der Waals surface area (Å²) in [6, 6.07) is 20.7. The Morgan fingerprint density at radius 1 is 0.615 bits per heavy atom. The van der Waals surface area contributed by atoms with Crippen molar-refractivity contribution >= 4 is 11.4 Å². The number of hydrogen-bond acceptors (Lipinski definition) is 4. The third-order valence-electron chi connectivity index (χ3n) is 7.74. The fourth-order valence-corrected chi connectivity index (χ4v) is 5.28. The van der Waals surface area contributed by atoms with E-state index in [1.807, 2.05) is 12.1 Å². The van der Waals surface area contributed by atoms with Crippen molar-refractivity contribution in [2.24, 2.45) is 0 Å². The predicted molar refractivity (Wildman–Crippen MR) is 148 cm³/mol. The molecule has 9 heteroatoms. The predicted octanol–water partition coefficient (Wildman–Crippen LogP) is 5.75. The molecule has 0 fully saturated rings. The minimum Gasteiger partial charge on any atom is -0.666 e. The number of imidazole rings is 2. The summed E-state index contributed by atoms with van der Waals surface area (Å²) in [6.45, 7) is 8.48. The first-order valence-electron chi connectivity index (χ1n) is 12.9. The van der Waals surface area contributed by atoms with E-state index in [1.54, 1.807) is 12.4 Å². The first-order valence-corrected chi connectivity index (χ1v) is 12.9. The molecule has 2 atom stereocenters. The Morgan fingerprint density at radius 3 is 1.38 bits per heavy atom. The molecule has 2 aromatic carbocycles. The van der Waals surface area contributed by atoms with Gasteiger partial charge in [0.05, 0.1) is 0 Å². The number of fused-ring (bicyclic) bond motifs is 10. The van der Waals surface area contributed by atoms with Gasteiger partial charge in [0, 0.05) is 28.4 Å². The normalized spacial score (nSPS) is 22.2. The van der Waals surface area contributed by atoms with Gasteiger partial charge in [0.25, 0.3) is 0 Å². The van der Waals surface area contributed by atoms with Crippen molar-refractivity contribution in [2.75, 3.05) is 9.80 Å². The van der Waals surface area contributed by atoms with Crippen LogP contribution >= 0.6 is 0 Å². The molecule has 8 bridgehead atoms. The van der Waals surface area contributed by atoms with Crippen LogP contribution in [0.1, 0.15) is 39.3 Å². The molecule has 0 spiro atoms. The van der Waals surface area contributed by atoms with Crippen LogP contribution < -0.4 is 19.8 Å². The van der Waals surface area contributed by atoms with Gasteiger partial charge in [-0.25, -0.2) is 0 Å². The van der Waals surface area contributed by atoms with Crippen molar-refractivity contribution in [3.63, 3.8) is 0 Å². The summed E-state index contributed by atoms with van der Waals surface area (Å²) in [4.78, 5) is 23.7. The molecule has 0 N–H and O–H groups in total. The monoisotopic (exact) mass is 563 g/mol. The third kappa shape index (κ3) is 3.96. The molecule has 203 valence electrons. The van der Waals surface area contributed by atoms with Gasteiger partial charge in [-0.05, 0) is 71.2 Å². The van der Waals surface area contributed by atoms with Gasteiger partial charge in [0.1, 0.15) is 0 Å². The second-order valence-corrected chi connectivity index (χ2v) is 11.0. The maximum absolute atomic E-state index is 5.34. The number of allylic oxidation sites excluding steroid dienone is 2. The van der Waals surface area contributed by atoms with Crippen LogP contribution in [-0.4, -0.2) is 22.3 Å². The van der Waals surface area contributed by atoms with Crippen LogP contribution in [0.4, 0.5) is 11.4 Å². The van der Waals surface area contributed by atoms with Gasteiger partial charge in [-0.3, -0.25) is 0 Å². The van der Waals surface area contributed by atoms with Crippen LogP contribution in [0.3, 0.4) is 0 Å². The van der Waals surface area contributed by atoms with Gasteiger partial charge in [-0.2, -0.15) is 0 Å². The van der Waals surface area contributed by atoms with Crippen LogP contribution in [0, 0.1) is 0 Å². The van der Waals surface area contributed by atoms with E-state index in [1.165, 1.54) is 0 Å². The van der Waals surface area contributed by atoms with Crippen LogP contribution in [-0.2, 0) is 27.9 Å². The van der Waals surface area contributed by atoms with Crippen molar-refractivity contribution in [1.82, 2.24) is 19.9 Å². The van der Waals surface area contributed by atoms with Gasteiger partial charge in [0.15, 0.2) is 0 Å². The SMILES string of the molecule is CC1(C)C2=CN(c3ccccc3)C([N-]2)C2[N-]C(=CN2c2ccccc2)C(C)(C)c2ncc([n-]2)-c2cnc1[n-]2.[Cu]. The molecule has 3 aliphatic rings. The molecule has 2 aromatic heterocycles. The number of hydrogen-bond donors (Lipinski definition) is 0. The van der Waals surface area contributed by atoms with Crippen molar-refractivity contribution in [1.29, 1.82) is 0 Å². The summed E-state index contributed by atoms with van der Waals surface area (Å²) in [7, 11) is 0. The zero-order valence-corrected chi connectivity index (χ0v) is 23.1. The zero-order chi connectivity index (χ0) is 26.1. The standard InChI is InChI=1S/C30H28N8.Cu/c1-29(2)23-17-37(19-11-7-5-8-12-19)25(35-23)26-36-24(18-38(26)20-13-9-6-10-14-20)30(3,4)28-32-16-22(34-28)21-15-31-27(29)33-21;/h5-18,25-26H,1-4H3;/q-4;. The fraction of sp³-hybridized carbons (Fsp3) is 0.267. The van der Waals surface area contributed by atoms with E-state index in [0.717, 1.165) is 34.2 Å². The Labute approximate surface area is 239 Å². The van der Waals surface area contributed by atoms with Crippen LogP contribution in [0.5, 0.6) is 0 Å². The molecule has 5 heterocycles. The van der Waals surface area contributed by atoms with Crippen molar-refractivity contribution in [2.45, 2.75) is 50.9 Å². The van der Waals surface area contributed by atoms with Crippen LogP contribution in [0.15, 0.2) is 96.9 Å². The number of benzene rings is 2. The van der Waals surface area contributed by atoms with E-state index in [4.69, 9.17) is 30.6 Å². The smallest absolute Gasteiger partial charge is 0.0394 e. The van der Waals surface area contributed by atoms with Crippen molar-refractivity contribution < 1.29 is 17.1 Å².